The Bertz CT molecular complexity index is 949. The third-order valence-corrected chi connectivity index (χ3v) is 4.30. The average Bonchev–Trinajstić information content (AvgIpc) is 3.24. The highest BCUT2D eigenvalue weighted by Gasteiger charge is 2.32. The molecule has 1 N–H and O–H groups in total. The van der Waals surface area contributed by atoms with Crippen molar-refractivity contribution in [1.82, 2.24) is 29.4 Å². The molecule has 3 aromatic rings. The number of hydrogen-bond acceptors (Lipinski definition) is 7. The van der Waals surface area contributed by atoms with Crippen LogP contribution in [-0.2, 0) is 4.74 Å². The Balaban J connectivity index is 1.70. The number of fused-ring (bicyclic) bond motifs is 1. The van der Waals surface area contributed by atoms with Gasteiger partial charge in [-0.2, -0.15) is 19.7 Å². The number of rotatable bonds is 4. The van der Waals surface area contributed by atoms with Crippen LogP contribution in [0.15, 0.2) is 35.5 Å². The molecule has 1 aliphatic heterocycles. The average molecular weight is 341 g/mol. The molecule has 2 unspecified atom stereocenters. The summed E-state index contributed by atoms with van der Waals surface area (Å²) in [5.74, 6) is 1.58. The van der Waals surface area contributed by atoms with Crippen molar-refractivity contribution in [2.45, 2.75) is 31.8 Å². The SMILES string of the molecule is CC(C)c1cc(NC2COCC2n2ncccc2=O)n2ncnc2n1. The molecule has 9 nitrogen and oxygen atoms in total. The van der Waals surface area contributed by atoms with Gasteiger partial charge in [-0.1, -0.05) is 13.8 Å². The Morgan fingerprint density at radius 1 is 1.32 bits per heavy atom. The fraction of sp³-hybridized carbons (Fsp3) is 0.438. The Morgan fingerprint density at radius 3 is 3.00 bits per heavy atom. The van der Waals surface area contributed by atoms with Crippen LogP contribution in [0, 0.1) is 0 Å². The smallest absolute Gasteiger partial charge is 0.267 e. The second kappa shape index (κ2) is 6.25. The first kappa shape index (κ1) is 15.7. The summed E-state index contributed by atoms with van der Waals surface area (Å²) in [5.41, 5.74) is 0.779. The highest BCUT2D eigenvalue weighted by atomic mass is 16.5. The first-order valence-corrected chi connectivity index (χ1v) is 8.22. The third-order valence-electron chi connectivity index (χ3n) is 4.30. The van der Waals surface area contributed by atoms with Crippen LogP contribution >= 0.6 is 0 Å². The standard InChI is InChI=1S/C16H19N7O2/c1-10(2)11-6-14(23-16(21-11)17-9-19-23)20-12-7-25-8-13(12)22-15(24)4-3-5-18-22/h3-6,9-10,12-13,20H,7-8H2,1-2H3. The zero-order valence-electron chi connectivity index (χ0n) is 14.0. The van der Waals surface area contributed by atoms with Crippen LogP contribution in [0.2, 0.25) is 0 Å². The maximum Gasteiger partial charge on any atom is 0.267 e. The van der Waals surface area contributed by atoms with Crippen LogP contribution in [-0.4, -0.2) is 48.6 Å². The molecule has 0 aromatic carbocycles. The number of aromatic nitrogens is 6. The Labute approximate surface area is 143 Å². The maximum absolute atomic E-state index is 12.1. The number of ether oxygens (including phenoxy) is 1. The fourth-order valence-electron chi connectivity index (χ4n) is 2.96. The summed E-state index contributed by atoms with van der Waals surface area (Å²) in [5, 5.41) is 11.9. The van der Waals surface area contributed by atoms with E-state index in [9.17, 15) is 4.79 Å². The lowest BCUT2D eigenvalue weighted by Gasteiger charge is -2.21. The summed E-state index contributed by atoms with van der Waals surface area (Å²) in [6.45, 7) is 5.06. The summed E-state index contributed by atoms with van der Waals surface area (Å²) in [6.07, 6.45) is 3.08. The molecule has 1 aliphatic rings. The molecule has 1 saturated heterocycles. The van der Waals surface area contributed by atoms with E-state index in [0.717, 1.165) is 11.5 Å². The van der Waals surface area contributed by atoms with Crippen LogP contribution in [0.4, 0.5) is 5.82 Å². The van der Waals surface area contributed by atoms with Gasteiger partial charge in [-0.25, -0.2) is 9.67 Å². The van der Waals surface area contributed by atoms with Crippen molar-refractivity contribution in [3.05, 3.63) is 46.8 Å². The molecule has 0 amide bonds. The lowest BCUT2D eigenvalue weighted by atomic mass is 10.1. The molecule has 0 aliphatic carbocycles. The minimum absolute atomic E-state index is 0.109. The minimum Gasteiger partial charge on any atom is -0.377 e. The summed E-state index contributed by atoms with van der Waals surface area (Å²) >= 11 is 0. The van der Waals surface area contributed by atoms with E-state index in [-0.39, 0.29) is 23.6 Å². The van der Waals surface area contributed by atoms with E-state index in [1.807, 2.05) is 6.07 Å². The third kappa shape index (κ3) is 2.86. The van der Waals surface area contributed by atoms with E-state index in [2.05, 4.69) is 39.3 Å². The van der Waals surface area contributed by atoms with Gasteiger partial charge in [-0.05, 0) is 12.0 Å². The Hall–Kier alpha value is -2.81. The Kier molecular flexibility index (Phi) is 3.92. The van der Waals surface area contributed by atoms with Gasteiger partial charge < -0.3 is 10.1 Å². The number of nitrogens with zero attached hydrogens (tertiary/aromatic N) is 6. The van der Waals surface area contributed by atoms with E-state index in [0.29, 0.717) is 19.0 Å². The van der Waals surface area contributed by atoms with E-state index >= 15 is 0 Å². The number of hydrogen-bond donors (Lipinski definition) is 1. The molecule has 1 fully saturated rings. The second-order valence-corrected chi connectivity index (χ2v) is 6.35. The van der Waals surface area contributed by atoms with E-state index in [1.165, 1.54) is 17.1 Å². The molecular weight excluding hydrogens is 322 g/mol. The lowest BCUT2D eigenvalue weighted by Crippen LogP contribution is -2.37. The number of anilines is 1. The van der Waals surface area contributed by atoms with Crippen molar-refractivity contribution in [1.29, 1.82) is 0 Å². The molecule has 0 spiro atoms. The topological polar surface area (TPSA) is 99.2 Å². The highest BCUT2D eigenvalue weighted by Crippen LogP contribution is 2.23. The largest absolute Gasteiger partial charge is 0.377 e. The lowest BCUT2D eigenvalue weighted by molar-refractivity contribution is 0.182. The van der Waals surface area contributed by atoms with Crippen molar-refractivity contribution in [2.75, 3.05) is 18.5 Å². The molecule has 2 atom stereocenters. The summed E-state index contributed by atoms with van der Waals surface area (Å²) in [6, 6.07) is 4.79. The molecule has 0 saturated carbocycles. The molecule has 130 valence electrons. The van der Waals surface area contributed by atoms with Crippen molar-refractivity contribution < 1.29 is 4.74 Å². The molecule has 0 bridgehead atoms. The van der Waals surface area contributed by atoms with E-state index < -0.39 is 0 Å². The first-order valence-electron chi connectivity index (χ1n) is 8.22. The van der Waals surface area contributed by atoms with Gasteiger partial charge in [-0.3, -0.25) is 4.79 Å². The van der Waals surface area contributed by atoms with E-state index in [1.54, 1.807) is 16.8 Å². The first-order chi connectivity index (χ1) is 12.1. The van der Waals surface area contributed by atoms with Crippen molar-refractivity contribution in [3.8, 4) is 0 Å². The molecule has 25 heavy (non-hydrogen) atoms. The predicted molar refractivity (Wildman–Crippen MR) is 90.6 cm³/mol. The van der Waals surface area contributed by atoms with Crippen LogP contribution in [0.25, 0.3) is 5.78 Å². The summed E-state index contributed by atoms with van der Waals surface area (Å²) < 4.78 is 8.72. The van der Waals surface area contributed by atoms with Crippen molar-refractivity contribution >= 4 is 11.6 Å². The predicted octanol–water partition coefficient (Wildman–Crippen LogP) is 0.856. The van der Waals surface area contributed by atoms with Crippen molar-refractivity contribution in [2.24, 2.45) is 0 Å². The highest BCUT2D eigenvalue weighted by molar-refractivity contribution is 5.46. The van der Waals surface area contributed by atoms with Gasteiger partial charge in [0.05, 0.1) is 24.9 Å². The summed E-state index contributed by atoms with van der Waals surface area (Å²) in [4.78, 5) is 20.8. The molecular formula is C16H19N7O2. The molecule has 0 radical (unpaired) electrons. The molecule has 4 heterocycles. The van der Waals surface area contributed by atoms with Gasteiger partial charge in [0.2, 0.25) is 0 Å². The van der Waals surface area contributed by atoms with Gasteiger partial charge >= 0.3 is 0 Å². The van der Waals surface area contributed by atoms with Gasteiger partial charge in [0.1, 0.15) is 18.2 Å². The quantitative estimate of drug-likeness (QED) is 0.751. The zero-order valence-corrected chi connectivity index (χ0v) is 14.0. The fourth-order valence-corrected chi connectivity index (χ4v) is 2.96. The maximum atomic E-state index is 12.1. The minimum atomic E-state index is -0.192. The normalized spacial score (nSPS) is 20.4. The Morgan fingerprint density at radius 2 is 2.20 bits per heavy atom. The van der Waals surface area contributed by atoms with Crippen molar-refractivity contribution in [3.63, 3.8) is 0 Å². The van der Waals surface area contributed by atoms with Gasteiger partial charge in [-0.15, -0.1) is 0 Å². The zero-order chi connectivity index (χ0) is 17.4. The van der Waals surface area contributed by atoms with Crippen LogP contribution < -0.4 is 10.9 Å². The monoisotopic (exact) mass is 341 g/mol. The van der Waals surface area contributed by atoms with E-state index in [4.69, 9.17) is 4.74 Å². The second-order valence-electron chi connectivity index (χ2n) is 6.35. The summed E-state index contributed by atoms with van der Waals surface area (Å²) in [7, 11) is 0. The van der Waals surface area contributed by atoms with Gasteiger partial charge in [0.15, 0.2) is 0 Å². The van der Waals surface area contributed by atoms with Crippen LogP contribution in [0.1, 0.15) is 31.5 Å². The molecule has 9 heteroatoms. The van der Waals surface area contributed by atoms with Gasteiger partial charge in [0.25, 0.3) is 11.3 Å². The molecule has 4 rings (SSSR count). The number of nitrogens with one attached hydrogen (secondary N) is 1. The van der Waals surface area contributed by atoms with Gasteiger partial charge in [0, 0.05) is 18.3 Å². The van der Waals surface area contributed by atoms with Crippen LogP contribution in [0.3, 0.4) is 0 Å². The van der Waals surface area contributed by atoms with Crippen LogP contribution in [0.5, 0.6) is 0 Å². The molecule has 3 aromatic heterocycles.